The van der Waals surface area contributed by atoms with Crippen LogP contribution in [0.25, 0.3) is 0 Å². The first-order chi connectivity index (χ1) is 12.5. The number of terminal acetylenes is 1. The van der Waals surface area contributed by atoms with Crippen molar-refractivity contribution in [1.29, 1.82) is 0 Å². The van der Waals surface area contributed by atoms with E-state index >= 15 is 0 Å². The second kappa shape index (κ2) is 8.76. The highest BCUT2D eigenvalue weighted by molar-refractivity contribution is 6.00. The number of anilines is 1. The Morgan fingerprint density at radius 2 is 2.12 bits per heavy atom. The zero-order chi connectivity index (χ0) is 19.1. The Morgan fingerprint density at radius 1 is 1.35 bits per heavy atom. The van der Waals surface area contributed by atoms with Crippen LogP contribution in [0, 0.1) is 18.3 Å². The summed E-state index contributed by atoms with van der Waals surface area (Å²) in [5.41, 5.74) is 0.542. The van der Waals surface area contributed by atoms with Gasteiger partial charge < -0.3 is 24.4 Å². The molecule has 0 aromatic heterocycles. The topological polar surface area (TPSA) is 94.2 Å². The number of carbonyl (C=O) groups is 3. The van der Waals surface area contributed by atoms with Crippen LogP contribution in [0.3, 0.4) is 0 Å². The molecule has 1 aliphatic rings. The molecule has 1 fully saturated rings. The molecule has 26 heavy (non-hydrogen) atoms. The molecule has 138 valence electrons. The molecule has 8 nitrogen and oxygen atoms in total. The molecular weight excluding hydrogens is 340 g/mol. The zero-order valence-electron chi connectivity index (χ0n) is 14.6. The van der Waals surface area contributed by atoms with Gasteiger partial charge >= 0.3 is 5.97 Å². The summed E-state index contributed by atoms with van der Waals surface area (Å²) in [4.78, 5) is 37.3. The predicted octanol–water partition coefficient (Wildman–Crippen LogP) is 0.349. The lowest BCUT2D eigenvalue weighted by Crippen LogP contribution is -2.31. The number of esters is 1. The average Bonchev–Trinajstić information content (AvgIpc) is 3.05. The van der Waals surface area contributed by atoms with Crippen LogP contribution in [0.5, 0.6) is 11.5 Å². The maximum absolute atomic E-state index is 12.3. The lowest BCUT2D eigenvalue weighted by atomic mass is 10.1. The molecule has 2 rings (SSSR count). The van der Waals surface area contributed by atoms with Gasteiger partial charge in [0.2, 0.25) is 5.91 Å². The minimum Gasteiger partial charge on any atom is -0.497 e. The van der Waals surface area contributed by atoms with Crippen molar-refractivity contribution >= 4 is 23.5 Å². The standard InChI is InChI=1S/C18H20N2O6/c1-4-7-19-16(21)11-26-18(23)12-8-17(22)20(10-12)14-6-5-13(24-2)9-15(14)25-3/h1,5-6,9,12H,7-8,10-11H2,2-3H3,(H,19,21)/t12-/m1/s1. The van der Waals surface area contributed by atoms with Gasteiger partial charge in [0, 0.05) is 19.0 Å². The van der Waals surface area contributed by atoms with Crippen molar-refractivity contribution in [2.45, 2.75) is 6.42 Å². The Morgan fingerprint density at radius 3 is 2.77 bits per heavy atom. The molecule has 1 atom stereocenters. The smallest absolute Gasteiger partial charge is 0.311 e. The molecule has 0 saturated carbocycles. The minimum absolute atomic E-state index is 0.00000850. The van der Waals surface area contributed by atoms with E-state index in [1.165, 1.54) is 19.1 Å². The molecule has 0 radical (unpaired) electrons. The maximum atomic E-state index is 12.3. The van der Waals surface area contributed by atoms with Crippen molar-refractivity contribution < 1.29 is 28.6 Å². The molecule has 1 saturated heterocycles. The molecule has 1 aliphatic heterocycles. The Labute approximate surface area is 151 Å². The number of benzene rings is 1. The van der Waals surface area contributed by atoms with Crippen LogP contribution in [0.1, 0.15) is 6.42 Å². The summed E-state index contributed by atoms with van der Waals surface area (Å²) >= 11 is 0. The van der Waals surface area contributed by atoms with Gasteiger partial charge in [-0.3, -0.25) is 14.4 Å². The monoisotopic (exact) mass is 360 g/mol. The van der Waals surface area contributed by atoms with E-state index in [2.05, 4.69) is 11.2 Å². The van der Waals surface area contributed by atoms with E-state index in [-0.39, 0.29) is 25.4 Å². The van der Waals surface area contributed by atoms with E-state index in [4.69, 9.17) is 20.6 Å². The average molecular weight is 360 g/mol. The lowest BCUT2D eigenvalue weighted by Gasteiger charge is -2.20. The zero-order valence-corrected chi connectivity index (χ0v) is 14.6. The highest BCUT2D eigenvalue weighted by Gasteiger charge is 2.37. The third-order valence-corrected chi connectivity index (χ3v) is 3.87. The normalized spacial score (nSPS) is 16.0. The number of ether oxygens (including phenoxy) is 3. The first kappa shape index (κ1) is 19.1. The molecule has 2 amide bonds. The van der Waals surface area contributed by atoms with Crippen LogP contribution in [0.2, 0.25) is 0 Å². The molecule has 0 spiro atoms. The van der Waals surface area contributed by atoms with E-state index in [0.717, 1.165) is 0 Å². The fraction of sp³-hybridized carbons (Fsp3) is 0.389. The highest BCUT2D eigenvalue weighted by Crippen LogP contribution is 2.35. The molecule has 0 bridgehead atoms. The predicted molar refractivity (Wildman–Crippen MR) is 92.8 cm³/mol. The third kappa shape index (κ3) is 4.45. The number of nitrogens with one attached hydrogen (secondary N) is 1. The molecule has 0 aliphatic carbocycles. The van der Waals surface area contributed by atoms with Gasteiger partial charge in [0.05, 0.1) is 32.4 Å². The molecule has 1 N–H and O–H groups in total. The van der Waals surface area contributed by atoms with E-state index in [0.29, 0.717) is 17.2 Å². The van der Waals surface area contributed by atoms with Crippen LogP contribution in [0.4, 0.5) is 5.69 Å². The summed E-state index contributed by atoms with van der Waals surface area (Å²) in [6, 6.07) is 5.05. The van der Waals surface area contributed by atoms with Crippen LogP contribution < -0.4 is 19.7 Å². The van der Waals surface area contributed by atoms with Crippen molar-refractivity contribution in [2.24, 2.45) is 5.92 Å². The maximum Gasteiger partial charge on any atom is 0.311 e. The Kier molecular flexibility index (Phi) is 6.44. The number of carbonyl (C=O) groups excluding carboxylic acids is 3. The van der Waals surface area contributed by atoms with Gasteiger partial charge in [0.1, 0.15) is 11.5 Å². The highest BCUT2D eigenvalue weighted by atomic mass is 16.5. The number of amides is 2. The molecule has 1 heterocycles. The van der Waals surface area contributed by atoms with Gasteiger partial charge in [-0.1, -0.05) is 5.92 Å². The molecule has 1 aromatic rings. The van der Waals surface area contributed by atoms with Crippen LogP contribution >= 0.6 is 0 Å². The van der Waals surface area contributed by atoms with Crippen molar-refractivity contribution in [1.82, 2.24) is 5.32 Å². The van der Waals surface area contributed by atoms with E-state index < -0.39 is 24.4 Å². The van der Waals surface area contributed by atoms with Crippen LogP contribution in [-0.2, 0) is 19.1 Å². The Balaban J connectivity index is 2.01. The minimum atomic E-state index is -0.658. The number of hydrogen-bond donors (Lipinski definition) is 1. The summed E-state index contributed by atoms with van der Waals surface area (Å²) in [5.74, 6) is 1.31. The molecular formula is C18H20N2O6. The molecule has 0 unspecified atom stereocenters. The van der Waals surface area contributed by atoms with Gasteiger partial charge in [-0.25, -0.2) is 0 Å². The van der Waals surface area contributed by atoms with E-state index in [1.807, 2.05) is 0 Å². The summed E-state index contributed by atoms with van der Waals surface area (Å²) in [6.45, 7) is -0.229. The first-order valence-electron chi connectivity index (χ1n) is 7.89. The number of rotatable bonds is 7. The SMILES string of the molecule is C#CCNC(=O)COC(=O)[C@@H]1CC(=O)N(c2ccc(OC)cc2OC)C1. The van der Waals surface area contributed by atoms with Crippen molar-refractivity contribution in [3.8, 4) is 23.8 Å². The fourth-order valence-electron chi connectivity index (χ4n) is 2.56. The third-order valence-electron chi connectivity index (χ3n) is 3.87. The van der Waals surface area contributed by atoms with Crippen molar-refractivity contribution in [3.05, 3.63) is 18.2 Å². The van der Waals surface area contributed by atoms with Gasteiger partial charge in [-0.2, -0.15) is 0 Å². The summed E-state index contributed by atoms with van der Waals surface area (Å²) in [6.07, 6.45) is 5.03. The second-order valence-electron chi connectivity index (χ2n) is 5.53. The Bertz CT molecular complexity index is 740. The van der Waals surface area contributed by atoms with Gasteiger partial charge in [0.15, 0.2) is 6.61 Å². The molecule has 1 aromatic carbocycles. The van der Waals surface area contributed by atoms with Crippen molar-refractivity contribution in [3.63, 3.8) is 0 Å². The quantitative estimate of drug-likeness (QED) is 0.557. The first-order valence-corrected chi connectivity index (χ1v) is 7.89. The summed E-state index contributed by atoms with van der Waals surface area (Å²) in [5, 5.41) is 2.39. The van der Waals surface area contributed by atoms with Gasteiger partial charge in [-0.05, 0) is 12.1 Å². The van der Waals surface area contributed by atoms with Gasteiger partial charge in [0.25, 0.3) is 5.91 Å². The van der Waals surface area contributed by atoms with E-state index in [9.17, 15) is 14.4 Å². The van der Waals surface area contributed by atoms with Crippen LogP contribution in [0.15, 0.2) is 18.2 Å². The largest absolute Gasteiger partial charge is 0.497 e. The number of nitrogens with zero attached hydrogens (tertiary/aromatic N) is 1. The number of methoxy groups -OCH3 is 2. The number of hydrogen-bond acceptors (Lipinski definition) is 6. The lowest BCUT2D eigenvalue weighted by molar-refractivity contribution is -0.152. The van der Waals surface area contributed by atoms with Crippen LogP contribution in [-0.4, -0.2) is 51.7 Å². The summed E-state index contributed by atoms with van der Waals surface area (Å²) in [7, 11) is 3.01. The van der Waals surface area contributed by atoms with Crippen molar-refractivity contribution in [2.75, 3.05) is 38.8 Å². The fourth-order valence-corrected chi connectivity index (χ4v) is 2.56. The summed E-state index contributed by atoms with van der Waals surface area (Å²) < 4.78 is 15.4. The Hall–Kier alpha value is -3.21. The van der Waals surface area contributed by atoms with Gasteiger partial charge in [-0.15, -0.1) is 6.42 Å². The van der Waals surface area contributed by atoms with E-state index in [1.54, 1.807) is 18.2 Å². The molecule has 8 heteroatoms. The second-order valence-corrected chi connectivity index (χ2v) is 5.53.